The van der Waals surface area contributed by atoms with E-state index in [1.54, 1.807) is 28.8 Å². The Morgan fingerprint density at radius 1 is 0.975 bits per heavy atom. The Balaban J connectivity index is 1.47. The van der Waals surface area contributed by atoms with E-state index in [0.29, 0.717) is 34.9 Å². The van der Waals surface area contributed by atoms with Gasteiger partial charge < -0.3 is 14.9 Å². The van der Waals surface area contributed by atoms with Gasteiger partial charge in [0, 0.05) is 35.2 Å². The lowest BCUT2D eigenvalue weighted by atomic mass is 10.0. The molecule has 0 aliphatic heterocycles. The lowest BCUT2D eigenvalue weighted by Gasteiger charge is -2.11. The van der Waals surface area contributed by atoms with E-state index in [1.807, 2.05) is 54.1 Å². The summed E-state index contributed by atoms with van der Waals surface area (Å²) in [6, 6.07) is 22.9. The molecule has 0 aliphatic carbocycles. The van der Waals surface area contributed by atoms with Crippen LogP contribution in [0.25, 0.3) is 39.0 Å². The summed E-state index contributed by atoms with van der Waals surface area (Å²) in [6.07, 6.45) is 1.93. The number of hydrogen-bond acceptors (Lipinski definition) is 5. The number of aryl methyl sites for hydroxylation is 1. The van der Waals surface area contributed by atoms with Gasteiger partial charge >= 0.3 is 0 Å². The molecular weight excluding hydrogens is 502 g/mol. The normalized spacial score (nSPS) is 11.3. The Kier molecular flexibility index (Phi) is 6.11. The van der Waals surface area contributed by atoms with E-state index in [9.17, 15) is 15.0 Å². The maximum atomic E-state index is 12.0. The Hall–Kier alpha value is -5.31. The number of carbonyl (C=O) groups excluding carboxylic acids is 2. The van der Waals surface area contributed by atoms with E-state index < -0.39 is 0 Å². The highest BCUT2D eigenvalue weighted by Gasteiger charge is 2.18. The van der Waals surface area contributed by atoms with Crippen LogP contribution in [0.3, 0.4) is 0 Å². The summed E-state index contributed by atoms with van der Waals surface area (Å²) < 4.78 is 3.78. The molecule has 3 N–H and O–H groups in total. The fraction of sp³-hybridized carbons (Fsp3) is 0.129. The van der Waals surface area contributed by atoms with Gasteiger partial charge in [-0.05, 0) is 73.5 Å². The molecule has 0 spiro atoms. The first kappa shape index (κ1) is 25.0. The van der Waals surface area contributed by atoms with Crippen molar-refractivity contribution in [2.24, 2.45) is 0 Å². The van der Waals surface area contributed by atoms with Crippen molar-refractivity contribution in [3.05, 3.63) is 101 Å². The third-order valence-corrected chi connectivity index (χ3v) is 7.10. The van der Waals surface area contributed by atoms with Crippen molar-refractivity contribution >= 4 is 39.3 Å². The van der Waals surface area contributed by atoms with Gasteiger partial charge in [-0.3, -0.25) is 19.6 Å². The highest BCUT2D eigenvalue weighted by Crippen LogP contribution is 2.29. The Morgan fingerprint density at radius 3 is 2.55 bits per heavy atom. The summed E-state index contributed by atoms with van der Waals surface area (Å²) in [4.78, 5) is 27.1. The van der Waals surface area contributed by atoms with Crippen LogP contribution in [0.5, 0.6) is 0 Å². The summed E-state index contributed by atoms with van der Waals surface area (Å²) in [5.41, 5.74) is 7.40. The largest absolute Gasteiger partial charge is 0.361 e. The molecule has 9 heteroatoms. The molecule has 3 aromatic carbocycles. The number of fused-ring (bicyclic) bond motifs is 2. The number of Topliss-reactive ketones (excluding diaryl/α,β-unsaturated/α-hetero) is 1. The fourth-order valence-corrected chi connectivity index (χ4v) is 5.20. The minimum Gasteiger partial charge on any atom is -0.361 e. The summed E-state index contributed by atoms with van der Waals surface area (Å²) in [7, 11) is 0. The van der Waals surface area contributed by atoms with Gasteiger partial charge in [-0.2, -0.15) is 0 Å². The number of para-hydroxylation sites is 1. The lowest BCUT2D eigenvalue weighted by Crippen LogP contribution is -2.25. The third-order valence-electron chi connectivity index (χ3n) is 7.10. The number of ketones is 1. The van der Waals surface area contributed by atoms with Crippen molar-refractivity contribution in [1.82, 2.24) is 24.3 Å². The molecule has 3 heterocycles. The maximum Gasteiger partial charge on any atom is 0.221 e. The van der Waals surface area contributed by atoms with Gasteiger partial charge in [-0.15, -0.1) is 10.2 Å². The molecule has 0 saturated heterocycles. The maximum absolute atomic E-state index is 12.0. The number of aromatic amines is 1. The average molecular weight is 530 g/mol. The molecule has 6 aromatic rings. The molecule has 0 radical (unpaired) electrons. The standard InChI is InChI=1S/C31H27N7O2/c1-18-6-4-9-28-30(18)38(31(32)37(28)17-22-7-5-8-25-23(22)14-15-33-25)29-13-12-27(35-36-29)24-16-21(19(2)39)10-11-26(24)34-20(3)40/h4-16,32-33H,17H2,1-3H3,(H,34,40). The number of benzene rings is 3. The van der Waals surface area contributed by atoms with E-state index in [4.69, 9.17) is 0 Å². The van der Waals surface area contributed by atoms with Crippen molar-refractivity contribution in [3.8, 4) is 17.1 Å². The van der Waals surface area contributed by atoms with Crippen LogP contribution in [0.1, 0.15) is 35.3 Å². The lowest BCUT2D eigenvalue weighted by molar-refractivity contribution is -0.114. The SMILES string of the molecule is CC(=O)Nc1ccc(C(C)=O)cc1-c1ccc(-n2c(=N)n(Cc3cccc4[nH]ccc34)c3cccc(C)c32)nn1. The second-order valence-corrected chi connectivity index (χ2v) is 9.82. The van der Waals surface area contributed by atoms with E-state index in [-0.39, 0.29) is 17.3 Å². The van der Waals surface area contributed by atoms with E-state index in [1.165, 1.54) is 13.8 Å². The molecule has 0 aliphatic rings. The molecule has 198 valence electrons. The Labute approximate surface area is 229 Å². The summed E-state index contributed by atoms with van der Waals surface area (Å²) in [5, 5.41) is 22.1. The predicted molar refractivity (Wildman–Crippen MR) is 155 cm³/mol. The molecule has 0 unspecified atom stereocenters. The van der Waals surface area contributed by atoms with Crippen molar-refractivity contribution < 1.29 is 9.59 Å². The second-order valence-electron chi connectivity index (χ2n) is 9.82. The van der Waals surface area contributed by atoms with Crippen LogP contribution in [0.4, 0.5) is 5.69 Å². The van der Waals surface area contributed by atoms with Crippen molar-refractivity contribution in [3.63, 3.8) is 0 Å². The van der Waals surface area contributed by atoms with E-state index in [0.717, 1.165) is 33.1 Å². The van der Waals surface area contributed by atoms with Crippen LogP contribution >= 0.6 is 0 Å². The van der Waals surface area contributed by atoms with Gasteiger partial charge in [-0.1, -0.05) is 24.3 Å². The first-order valence-corrected chi connectivity index (χ1v) is 12.9. The van der Waals surface area contributed by atoms with Crippen molar-refractivity contribution in [1.29, 1.82) is 5.41 Å². The number of anilines is 1. The highest BCUT2D eigenvalue weighted by atomic mass is 16.1. The van der Waals surface area contributed by atoms with Gasteiger partial charge in [0.2, 0.25) is 11.5 Å². The number of nitrogens with one attached hydrogen (secondary N) is 3. The topological polar surface area (TPSA) is 121 Å². The Bertz CT molecular complexity index is 1990. The summed E-state index contributed by atoms with van der Waals surface area (Å²) >= 11 is 0. The molecule has 40 heavy (non-hydrogen) atoms. The molecule has 1 amide bonds. The molecule has 0 bridgehead atoms. The smallest absolute Gasteiger partial charge is 0.221 e. The molecule has 9 nitrogen and oxygen atoms in total. The molecule has 3 aromatic heterocycles. The third kappa shape index (κ3) is 4.27. The predicted octanol–water partition coefficient (Wildman–Crippen LogP) is 5.37. The zero-order chi connectivity index (χ0) is 28.0. The van der Waals surface area contributed by atoms with Crippen LogP contribution < -0.4 is 10.9 Å². The quantitative estimate of drug-likeness (QED) is 0.251. The number of amides is 1. The van der Waals surface area contributed by atoms with Gasteiger partial charge in [-0.25, -0.2) is 0 Å². The number of carbonyl (C=O) groups is 2. The molecule has 0 fully saturated rings. The van der Waals surface area contributed by atoms with Crippen molar-refractivity contribution in [2.75, 3.05) is 5.32 Å². The number of nitrogens with zero attached hydrogens (tertiary/aromatic N) is 4. The van der Waals surface area contributed by atoms with E-state index in [2.05, 4.69) is 32.6 Å². The number of rotatable bonds is 6. The van der Waals surface area contributed by atoms with Crippen molar-refractivity contribution in [2.45, 2.75) is 27.3 Å². The number of imidazole rings is 1. The van der Waals surface area contributed by atoms with Gasteiger partial charge in [0.05, 0.1) is 29.0 Å². The van der Waals surface area contributed by atoms with Gasteiger partial charge in [0.15, 0.2) is 11.6 Å². The van der Waals surface area contributed by atoms with Crippen LogP contribution in [0.15, 0.2) is 79.0 Å². The zero-order valence-corrected chi connectivity index (χ0v) is 22.3. The van der Waals surface area contributed by atoms with Crippen LogP contribution in [0.2, 0.25) is 0 Å². The second kappa shape index (κ2) is 9.77. The number of hydrogen-bond donors (Lipinski definition) is 3. The number of aromatic nitrogens is 5. The van der Waals surface area contributed by atoms with E-state index >= 15 is 0 Å². The summed E-state index contributed by atoms with van der Waals surface area (Å²) in [5.74, 6) is 0.179. The number of H-pyrrole nitrogens is 1. The average Bonchev–Trinajstić information content (AvgIpc) is 3.53. The van der Waals surface area contributed by atoms with Gasteiger partial charge in [0.1, 0.15) is 0 Å². The monoisotopic (exact) mass is 529 g/mol. The molecule has 6 rings (SSSR count). The first-order chi connectivity index (χ1) is 19.3. The first-order valence-electron chi connectivity index (χ1n) is 12.9. The molecule has 0 atom stereocenters. The zero-order valence-electron chi connectivity index (χ0n) is 22.3. The van der Waals surface area contributed by atoms with Crippen LogP contribution in [-0.4, -0.2) is 36.0 Å². The Morgan fingerprint density at radius 2 is 1.80 bits per heavy atom. The minimum absolute atomic E-state index is 0.0896. The minimum atomic E-state index is -0.227. The molecule has 0 saturated carbocycles. The fourth-order valence-electron chi connectivity index (χ4n) is 5.20. The molecular formula is C31H27N7O2. The van der Waals surface area contributed by atoms with Crippen LogP contribution in [0, 0.1) is 12.3 Å². The van der Waals surface area contributed by atoms with Crippen LogP contribution in [-0.2, 0) is 11.3 Å². The van der Waals surface area contributed by atoms with Gasteiger partial charge in [0.25, 0.3) is 0 Å². The highest BCUT2D eigenvalue weighted by molar-refractivity contribution is 5.99. The summed E-state index contributed by atoms with van der Waals surface area (Å²) in [6.45, 7) is 5.46.